The summed E-state index contributed by atoms with van der Waals surface area (Å²) in [5.41, 5.74) is -1.65. The minimum atomic E-state index is -1.30. The fourth-order valence-electron chi connectivity index (χ4n) is 6.71. The Morgan fingerprint density at radius 1 is 1.00 bits per heavy atom. The summed E-state index contributed by atoms with van der Waals surface area (Å²) in [6.07, 6.45) is 11.7. The van der Waals surface area contributed by atoms with E-state index in [2.05, 4.69) is 0 Å². The second kappa shape index (κ2) is 11.1. The number of unbranched alkanes of at least 4 members (excludes halogenated alkanes) is 3. The molecule has 9 heteroatoms. The molecule has 1 spiro atoms. The molecule has 5 atom stereocenters. The maximum Gasteiger partial charge on any atom is 0.313 e. The van der Waals surface area contributed by atoms with E-state index >= 15 is 0 Å². The molecule has 9 nitrogen and oxygen atoms in total. The van der Waals surface area contributed by atoms with Crippen LogP contribution in [0.1, 0.15) is 45.4 Å². The lowest BCUT2D eigenvalue weighted by atomic mass is 9.73. The third kappa shape index (κ3) is 4.55. The van der Waals surface area contributed by atoms with Gasteiger partial charge in [0.2, 0.25) is 5.91 Å². The number of hydrogen-bond donors (Lipinski definition) is 1. The van der Waals surface area contributed by atoms with Gasteiger partial charge in [-0.1, -0.05) is 44.1 Å². The lowest BCUT2D eigenvalue weighted by Gasteiger charge is -2.38. The number of esters is 1. The van der Waals surface area contributed by atoms with E-state index in [1.165, 1.54) is 0 Å². The number of carbonyl (C=O) groups excluding carboxylic acids is 3. The molecule has 1 aromatic carbocycles. The third-order valence-electron chi connectivity index (χ3n) is 8.59. The molecule has 2 saturated heterocycles. The molecule has 4 aliphatic rings. The van der Waals surface area contributed by atoms with Crippen LogP contribution in [0.2, 0.25) is 0 Å². The molecule has 0 aromatic heterocycles. The van der Waals surface area contributed by atoms with Crippen molar-refractivity contribution in [2.24, 2.45) is 11.8 Å². The third-order valence-corrected chi connectivity index (χ3v) is 8.59. The van der Waals surface area contributed by atoms with E-state index in [-0.39, 0.29) is 25.0 Å². The van der Waals surface area contributed by atoms with Crippen molar-refractivity contribution in [1.29, 1.82) is 0 Å². The van der Waals surface area contributed by atoms with E-state index in [9.17, 15) is 14.4 Å². The predicted molar refractivity (Wildman–Crippen MR) is 144 cm³/mol. The highest BCUT2D eigenvalue weighted by Gasteiger charge is 2.75. The Balaban J connectivity index is 1.57. The highest BCUT2D eigenvalue weighted by Crippen LogP contribution is 2.58. The SMILES string of the molecule is CC[C@]12C=CCCOC(=O)[C@H]1[C@H]1C(=O)N(CCCCCCO)C3C(=O)N(c4ccc(OC)cc4)CC=C[C@@]31O2. The number of rotatable bonds is 9. The number of benzene rings is 1. The van der Waals surface area contributed by atoms with E-state index in [0.29, 0.717) is 50.2 Å². The van der Waals surface area contributed by atoms with Crippen LogP contribution in [0.5, 0.6) is 5.75 Å². The van der Waals surface area contributed by atoms with Crippen molar-refractivity contribution in [3.05, 3.63) is 48.6 Å². The van der Waals surface area contributed by atoms with Crippen molar-refractivity contribution in [2.75, 3.05) is 38.3 Å². The fourth-order valence-corrected chi connectivity index (χ4v) is 6.71. The first-order chi connectivity index (χ1) is 18.9. The first kappa shape index (κ1) is 27.4. The van der Waals surface area contributed by atoms with Gasteiger partial charge in [0, 0.05) is 25.4 Å². The number of hydrogen-bond acceptors (Lipinski definition) is 7. The Morgan fingerprint density at radius 2 is 1.77 bits per heavy atom. The quantitative estimate of drug-likeness (QED) is 0.293. The number of anilines is 1. The molecule has 5 rings (SSSR count). The standard InChI is InChI=1S/C30H38N2O7/c1-3-29-15-6-9-20-38-28(36)24(29)23-26(34)32(17-7-4-5-8-19-33)25-27(35)31(18-10-16-30(23,25)39-29)21-11-13-22(37-2)14-12-21/h6,10-16,23-25,33H,3-5,7-9,17-20H2,1-2H3/t23-,24+,25?,29-,30-/m0/s1. The van der Waals surface area contributed by atoms with Gasteiger partial charge in [-0.2, -0.15) is 0 Å². The molecular weight excluding hydrogens is 500 g/mol. The molecule has 0 aliphatic carbocycles. The number of aliphatic hydroxyl groups excluding tert-OH is 1. The Morgan fingerprint density at radius 3 is 2.49 bits per heavy atom. The molecule has 39 heavy (non-hydrogen) atoms. The summed E-state index contributed by atoms with van der Waals surface area (Å²) in [4.78, 5) is 45.5. The first-order valence-electron chi connectivity index (χ1n) is 14.0. The molecule has 2 amide bonds. The van der Waals surface area contributed by atoms with Crippen LogP contribution in [-0.2, 0) is 23.9 Å². The van der Waals surface area contributed by atoms with Crippen molar-refractivity contribution in [1.82, 2.24) is 4.90 Å². The van der Waals surface area contributed by atoms with Gasteiger partial charge in [0.25, 0.3) is 5.91 Å². The number of ether oxygens (including phenoxy) is 3. The zero-order valence-corrected chi connectivity index (χ0v) is 22.7. The number of amides is 2. The van der Waals surface area contributed by atoms with Crippen LogP contribution in [0.3, 0.4) is 0 Å². The van der Waals surface area contributed by atoms with Crippen LogP contribution >= 0.6 is 0 Å². The topological polar surface area (TPSA) is 106 Å². The van der Waals surface area contributed by atoms with Gasteiger partial charge in [0.05, 0.1) is 19.6 Å². The normalized spacial score (nSPS) is 31.8. The van der Waals surface area contributed by atoms with E-state index in [1.807, 2.05) is 43.4 Å². The van der Waals surface area contributed by atoms with Crippen LogP contribution in [0.25, 0.3) is 0 Å². The van der Waals surface area contributed by atoms with E-state index in [4.69, 9.17) is 19.3 Å². The average Bonchev–Trinajstić information content (AvgIpc) is 3.28. The number of carbonyl (C=O) groups is 3. The van der Waals surface area contributed by atoms with Gasteiger partial charge in [0.1, 0.15) is 28.9 Å². The summed E-state index contributed by atoms with van der Waals surface area (Å²) in [6.45, 7) is 2.98. The summed E-state index contributed by atoms with van der Waals surface area (Å²) >= 11 is 0. The van der Waals surface area contributed by atoms with Crippen LogP contribution in [0, 0.1) is 11.8 Å². The van der Waals surface area contributed by atoms with Gasteiger partial charge in [-0.3, -0.25) is 14.4 Å². The van der Waals surface area contributed by atoms with Gasteiger partial charge < -0.3 is 29.1 Å². The molecule has 1 unspecified atom stereocenters. The van der Waals surface area contributed by atoms with Gasteiger partial charge in [0.15, 0.2) is 0 Å². The van der Waals surface area contributed by atoms with E-state index in [1.54, 1.807) is 29.0 Å². The summed E-state index contributed by atoms with van der Waals surface area (Å²) in [5.74, 6) is -1.97. The summed E-state index contributed by atoms with van der Waals surface area (Å²) < 4.78 is 17.8. The highest BCUT2D eigenvalue weighted by atomic mass is 16.6. The lowest BCUT2D eigenvalue weighted by Crippen LogP contribution is -2.56. The summed E-state index contributed by atoms with van der Waals surface area (Å²) in [7, 11) is 1.59. The Bertz CT molecular complexity index is 1150. The van der Waals surface area contributed by atoms with Crippen molar-refractivity contribution in [2.45, 2.75) is 62.7 Å². The Kier molecular flexibility index (Phi) is 7.82. The summed E-state index contributed by atoms with van der Waals surface area (Å²) in [5, 5.41) is 9.15. The molecule has 0 bridgehead atoms. The molecule has 1 N–H and O–H groups in total. The van der Waals surface area contributed by atoms with E-state index < -0.39 is 35.0 Å². The van der Waals surface area contributed by atoms with Gasteiger partial charge in [-0.25, -0.2) is 0 Å². The van der Waals surface area contributed by atoms with Gasteiger partial charge in [-0.05, 0) is 49.9 Å². The smallest absolute Gasteiger partial charge is 0.313 e. The van der Waals surface area contributed by atoms with Crippen LogP contribution in [-0.4, -0.2) is 78.4 Å². The zero-order chi connectivity index (χ0) is 27.6. The number of likely N-dealkylation sites (tertiary alicyclic amines) is 1. The molecule has 0 saturated carbocycles. The second-order valence-electron chi connectivity index (χ2n) is 10.7. The number of aliphatic hydroxyl groups is 1. The van der Waals surface area contributed by atoms with Crippen molar-refractivity contribution in [3.8, 4) is 5.75 Å². The fraction of sp³-hybridized carbons (Fsp3) is 0.567. The first-order valence-corrected chi connectivity index (χ1v) is 14.0. The number of cyclic esters (lactones) is 1. The average molecular weight is 539 g/mol. The van der Waals surface area contributed by atoms with Crippen molar-refractivity contribution >= 4 is 23.5 Å². The molecule has 4 heterocycles. The number of nitrogens with zero attached hydrogens (tertiary/aromatic N) is 2. The summed E-state index contributed by atoms with van der Waals surface area (Å²) in [6, 6.07) is 6.33. The second-order valence-corrected chi connectivity index (χ2v) is 10.7. The minimum Gasteiger partial charge on any atom is -0.497 e. The van der Waals surface area contributed by atoms with Crippen molar-refractivity contribution < 1.29 is 33.7 Å². The minimum absolute atomic E-state index is 0.126. The largest absolute Gasteiger partial charge is 0.497 e. The number of fused-ring (bicyclic) bond motifs is 2. The predicted octanol–water partition coefficient (Wildman–Crippen LogP) is 3.01. The Labute approximate surface area is 229 Å². The van der Waals surface area contributed by atoms with Crippen molar-refractivity contribution in [3.63, 3.8) is 0 Å². The number of methoxy groups -OCH3 is 1. The molecule has 2 fully saturated rings. The monoisotopic (exact) mass is 538 g/mol. The van der Waals surface area contributed by atoms with Gasteiger partial charge in [-0.15, -0.1) is 0 Å². The van der Waals surface area contributed by atoms with Crippen LogP contribution < -0.4 is 9.64 Å². The molecule has 0 radical (unpaired) electrons. The maximum absolute atomic E-state index is 14.4. The van der Waals surface area contributed by atoms with E-state index in [0.717, 1.165) is 12.8 Å². The molecular formula is C30H38N2O7. The lowest BCUT2D eigenvalue weighted by molar-refractivity contribution is -0.160. The molecule has 210 valence electrons. The maximum atomic E-state index is 14.4. The molecule has 4 aliphatic heterocycles. The zero-order valence-electron chi connectivity index (χ0n) is 22.7. The highest BCUT2D eigenvalue weighted by molar-refractivity contribution is 6.05. The Hall–Kier alpha value is -3.17. The van der Waals surface area contributed by atoms with Gasteiger partial charge >= 0.3 is 5.97 Å². The molecule has 1 aromatic rings. The van der Waals surface area contributed by atoms with Crippen LogP contribution in [0.15, 0.2) is 48.6 Å². The van der Waals surface area contributed by atoms with Crippen LogP contribution in [0.4, 0.5) is 5.69 Å².